The monoisotopic (exact) mass is 196 g/mol. The van der Waals surface area contributed by atoms with Gasteiger partial charge in [0, 0.05) is 18.7 Å². The van der Waals surface area contributed by atoms with Gasteiger partial charge in [0.25, 0.3) is 0 Å². The Balaban J connectivity index is 2.84. The summed E-state index contributed by atoms with van der Waals surface area (Å²) in [5.74, 6) is 0.836. The summed E-state index contributed by atoms with van der Waals surface area (Å²) in [6.07, 6.45) is 1.76. The summed E-state index contributed by atoms with van der Waals surface area (Å²) in [6, 6.07) is 1.74. The maximum atomic E-state index is 5.84. The van der Waals surface area contributed by atoms with Gasteiger partial charge in [0.2, 0.25) is 0 Å². The van der Waals surface area contributed by atoms with Crippen LogP contribution in [0.3, 0.4) is 0 Å². The molecule has 0 saturated carbocycles. The summed E-state index contributed by atoms with van der Waals surface area (Å²) < 4.78 is 1.72. The Morgan fingerprint density at radius 1 is 1.54 bits per heavy atom. The van der Waals surface area contributed by atoms with Gasteiger partial charge < -0.3 is 5.32 Å². The van der Waals surface area contributed by atoms with Crippen molar-refractivity contribution in [3.05, 3.63) is 23.0 Å². The standard InChI is InChI=1S/C8H9ClN4/c1-5-4-11-13-7(10-2)3-6(9)12-8(5)13/h3-4,10H,1-2H3. The molecular weight excluding hydrogens is 188 g/mol. The van der Waals surface area contributed by atoms with Crippen LogP contribution in [-0.2, 0) is 0 Å². The van der Waals surface area contributed by atoms with Gasteiger partial charge in [0.15, 0.2) is 5.65 Å². The third-order valence-corrected chi connectivity index (χ3v) is 2.07. The molecule has 13 heavy (non-hydrogen) atoms. The number of fused-ring (bicyclic) bond motifs is 1. The summed E-state index contributed by atoms with van der Waals surface area (Å²) >= 11 is 5.84. The van der Waals surface area contributed by atoms with Gasteiger partial charge in [0.1, 0.15) is 11.0 Å². The molecule has 0 aliphatic heterocycles. The minimum absolute atomic E-state index is 0.473. The average Bonchev–Trinajstić information content (AvgIpc) is 2.47. The van der Waals surface area contributed by atoms with Gasteiger partial charge in [0.05, 0.1) is 6.20 Å². The molecule has 0 aromatic carbocycles. The maximum absolute atomic E-state index is 5.84. The van der Waals surface area contributed by atoms with Crippen LogP contribution in [0.15, 0.2) is 12.3 Å². The Morgan fingerprint density at radius 3 is 3.00 bits per heavy atom. The zero-order chi connectivity index (χ0) is 9.42. The first-order valence-corrected chi connectivity index (χ1v) is 4.29. The van der Waals surface area contributed by atoms with E-state index in [1.165, 1.54) is 0 Å². The normalized spacial score (nSPS) is 10.7. The molecule has 0 fully saturated rings. The van der Waals surface area contributed by atoms with Gasteiger partial charge in [-0.25, -0.2) is 4.98 Å². The lowest BCUT2D eigenvalue weighted by atomic mass is 10.4. The maximum Gasteiger partial charge on any atom is 0.161 e. The van der Waals surface area contributed by atoms with Crippen molar-refractivity contribution in [3.8, 4) is 0 Å². The molecule has 68 valence electrons. The molecule has 2 rings (SSSR count). The smallest absolute Gasteiger partial charge is 0.161 e. The van der Waals surface area contributed by atoms with E-state index in [1.807, 2.05) is 14.0 Å². The highest BCUT2D eigenvalue weighted by Gasteiger charge is 2.06. The van der Waals surface area contributed by atoms with E-state index in [0.717, 1.165) is 17.0 Å². The highest BCUT2D eigenvalue weighted by molar-refractivity contribution is 6.29. The zero-order valence-electron chi connectivity index (χ0n) is 7.37. The van der Waals surface area contributed by atoms with Gasteiger partial charge in [-0.05, 0) is 6.92 Å². The fourth-order valence-corrected chi connectivity index (χ4v) is 1.40. The van der Waals surface area contributed by atoms with Crippen molar-refractivity contribution < 1.29 is 0 Å². The Bertz CT molecular complexity index is 449. The van der Waals surface area contributed by atoms with Crippen molar-refractivity contribution in [2.75, 3.05) is 12.4 Å². The summed E-state index contributed by atoms with van der Waals surface area (Å²) in [5.41, 5.74) is 1.80. The minimum atomic E-state index is 0.473. The molecule has 0 aliphatic rings. The number of rotatable bonds is 1. The number of aryl methyl sites for hydroxylation is 1. The van der Waals surface area contributed by atoms with Gasteiger partial charge in [-0.2, -0.15) is 9.61 Å². The average molecular weight is 197 g/mol. The number of anilines is 1. The molecule has 5 heteroatoms. The van der Waals surface area contributed by atoms with E-state index in [4.69, 9.17) is 11.6 Å². The predicted molar refractivity (Wildman–Crippen MR) is 52.3 cm³/mol. The first-order chi connectivity index (χ1) is 6.22. The Kier molecular flexibility index (Phi) is 1.84. The fraction of sp³-hybridized carbons (Fsp3) is 0.250. The topological polar surface area (TPSA) is 42.2 Å². The van der Waals surface area contributed by atoms with Gasteiger partial charge in [-0.3, -0.25) is 0 Å². The van der Waals surface area contributed by atoms with Crippen LogP contribution < -0.4 is 5.32 Å². The molecule has 0 saturated heterocycles. The summed E-state index contributed by atoms with van der Waals surface area (Å²) in [4.78, 5) is 4.17. The Morgan fingerprint density at radius 2 is 2.31 bits per heavy atom. The van der Waals surface area contributed by atoms with Crippen LogP contribution in [0.25, 0.3) is 5.65 Å². The second-order valence-electron chi connectivity index (χ2n) is 2.78. The highest BCUT2D eigenvalue weighted by Crippen LogP contribution is 2.17. The summed E-state index contributed by atoms with van der Waals surface area (Å²) in [7, 11) is 1.82. The van der Waals surface area contributed by atoms with E-state index < -0.39 is 0 Å². The number of hydrogen-bond donors (Lipinski definition) is 1. The fourth-order valence-electron chi connectivity index (χ4n) is 1.22. The number of aromatic nitrogens is 3. The van der Waals surface area contributed by atoms with E-state index in [9.17, 15) is 0 Å². The van der Waals surface area contributed by atoms with Gasteiger partial charge >= 0.3 is 0 Å². The number of halogens is 1. The van der Waals surface area contributed by atoms with Crippen molar-refractivity contribution in [1.82, 2.24) is 14.6 Å². The van der Waals surface area contributed by atoms with Crippen molar-refractivity contribution in [2.24, 2.45) is 0 Å². The first kappa shape index (κ1) is 8.31. The molecule has 0 atom stereocenters. The molecule has 0 bridgehead atoms. The largest absolute Gasteiger partial charge is 0.373 e. The van der Waals surface area contributed by atoms with Crippen LogP contribution in [0.5, 0.6) is 0 Å². The molecule has 2 aromatic heterocycles. The van der Waals surface area contributed by atoms with Crippen LogP contribution in [0, 0.1) is 6.92 Å². The van der Waals surface area contributed by atoms with Crippen LogP contribution in [0.2, 0.25) is 5.15 Å². The molecule has 0 spiro atoms. The quantitative estimate of drug-likeness (QED) is 0.707. The first-order valence-electron chi connectivity index (χ1n) is 3.91. The van der Waals surface area contributed by atoms with Crippen molar-refractivity contribution in [3.63, 3.8) is 0 Å². The van der Waals surface area contributed by atoms with Crippen LogP contribution in [0.4, 0.5) is 5.82 Å². The van der Waals surface area contributed by atoms with Gasteiger partial charge in [-0.1, -0.05) is 11.6 Å². The molecule has 0 amide bonds. The Labute approximate surface area is 80.5 Å². The molecule has 0 aliphatic carbocycles. The minimum Gasteiger partial charge on any atom is -0.373 e. The lowest BCUT2D eigenvalue weighted by Crippen LogP contribution is -2.00. The third-order valence-electron chi connectivity index (χ3n) is 1.87. The van der Waals surface area contributed by atoms with Crippen LogP contribution in [0.1, 0.15) is 5.56 Å². The lowest BCUT2D eigenvalue weighted by molar-refractivity contribution is 0.943. The van der Waals surface area contributed by atoms with E-state index in [1.54, 1.807) is 16.8 Å². The van der Waals surface area contributed by atoms with Gasteiger partial charge in [-0.15, -0.1) is 0 Å². The molecule has 2 heterocycles. The van der Waals surface area contributed by atoms with E-state index in [-0.39, 0.29) is 0 Å². The third kappa shape index (κ3) is 1.23. The number of nitrogens with zero attached hydrogens (tertiary/aromatic N) is 3. The second-order valence-corrected chi connectivity index (χ2v) is 3.16. The SMILES string of the molecule is CNc1cc(Cl)nc2c(C)cnn12. The van der Waals surface area contributed by atoms with Crippen LogP contribution >= 0.6 is 11.6 Å². The van der Waals surface area contributed by atoms with Crippen molar-refractivity contribution in [2.45, 2.75) is 6.92 Å². The summed E-state index contributed by atoms with van der Waals surface area (Å²) in [6.45, 7) is 1.95. The Hall–Kier alpha value is -1.29. The molecule has 0 unspecified atom stereocenters. The number of hydrogen-bond acceptors (Lipinski definition) is 3. The second kappa shape index (κ2) is 2.88. The van der Waals surface area contributed by atoms with E-state index in [2.05, 4.69) is 15.4 Å². The van der Waals surface area contributed by atoms with E-state index in [0.29, 0.717) is 5.15 Å². The zero-order valence-corrected chi connectivity index (χ0v) is 8.13. The van der Waals surface area contributed by atoms with Crippen LogP contribution in [-0.4, -0.2) is 21.6 Å². The lowest BCUT2D eigenvalue weighted by Gasteiger charge is -2.03. The van der Waals surface area contributed by atoms with Crippen molar-refractivity contribution in [1.29, 1.82) is 0 Å². The molecular formula is C8H9ClN4. The number of nitrogens with one attached hydrogen (secondary N) is 1. The highest BCUT2D eigenvalue weighted by atomic mass is 35.5. The molecule has 0 radical (unpaired) electrons. The predicted octanol–water partition coefficient (Wildman–Crippen LogP) is 1.73. The molecule has 1 N–H and O–H groups in total. The van der Waals surface area contributed by atoms with E-state index >= 15 is 0 Å². The molecule has 4 nitrogen and oxygen atoms in total. The summed E-state index contributed by atoms with van der Waals surface area (Å²) in [5, 5.41) is 7.64. The van der Waals surface area contributed by atoms with Crippen molar-refractivity contribution >= 4 is 23.1 Å². The molecule has 2 aromatic rings.